The molecule has 1 N–H and O–H groups in total. The van der Waals surface area contributed by atoms with Crippen molar-refractivity contribution in [1.82, 2.24) is 14.9 Å². The lowest BCUT2D eigenvalue weighted by Crippen LogP contribution is -2.11. The van der Waals surface area contributed by atoms with Crippen molar-refractivity contribution in [1.29, 1.82) is 0 Å². The molecule has 3 nitrogen and oxygen atoms in total. The quantitative estimate of drug-likeness (QED) is 0.727. The minimum absolute atomic E-state index is 0.684. The maximum absolute atomic E-state index is 4.34. The van der Waals surface area contributed by atoms with E-state index in [4.69, 9.17) is 0 Å². The summed E-state index contributed by atoms with van der Waals surface area (Å²) in [5.74, 6) is 1.54. The number of unbranched alkanes of at least 4 members (excludes halogenated alkanes) is 3. The zero-order valence-electron chi connectivity index (χ0n) is 12.6. The molecule has 3 heteroatoms. The third kappa shape index (κ3) is 4.64. The van der Waals surface area contributed by atoms with Gasteiger partial charge in [-0.15, -0.1) is 0 Å². The van der Waals surface area contributed by atoms with Crippen LogP contribution in [0.1, 0.15) is 64.0 Å². The number of rotatable bonds is 8. The van der Waals surface area contributed by atoms with Crippen molar-refractivity contribution in [2.75, 3.05) is 13.1 Å². The van der Waals surface area contributed by atoms with Crippen molar-refractivity contribution >= 4 is 0 Å². The van der Waals surface area contributed by atoms with Gasteiger partial charge < -0.3 is 9.88 Å². The Hall–Kier alpha value is -0.830. The molecule has 1 aromatic heterocycles. The molecule has 1 fully saturated rings. The lowest BCUT2D eigenvalue weighted by molar-refractivity contribution is 0.499. The fraction of sp³-hybridized carbons (Fsp3) is 0.812. The van der Waals surface area contributed by atoms with Crippen molar-refractivity contribution < 1.29 is 0 Å². The minimum Gasteiger partial charge on any atom is -0.334 e. The van der Waals surface area contributed by atoms with E-state index in [0.29, 0.717) is 5.92 Å². The molecule has 1 saturated heterocycles. The van der Waals surface area contributed by atoms with Crippen LogP contribution in [0.3, 0.4) is 0 Å². The van der Waals surface area contributed by atoms with Crippen molar-refractivity contribution in [2.24, 2.45) is 5.92 Å². The van der Waals surface area contributed by atoms with Gasteiger partial charge in [0.1, 0.15) is 0 Å². The third-order valence-electron chi connectivity index (χ3n) is 4.15. The minimum atomic E-state index is 0.684. The molecule has 1 aliphatic rings. The second-order valence-electron chi connectivity index (χ2n) is 6.30. The van der Waals surface area contributed by atoms with Gasteiger partial charge in [-0.3, -0.25) is 0 Å². The molecule has 0 amide bonds. The summed E-state index contributed by atoms with van der Waals surface area (Å²) < 4.78 is 2.38. The monoisotopic (exact) mass is 263 g/mol. The van der Waals surface area contributed by atoms with Gasteiger partial charge in [0.05, 0.1) is 6.33 Å². The van der Waals surface area contributed by atoms with Gasteiger partial charge in [0.2, 0.25) is 0 Å². The highest BCUT2D eigenvalue weighted by Gasteiger charge is 2.19. The van der Waals surface area contributed by atoms with Gasteiger partial charge in [-0.2, -0.15) is 0 Å². The van der Waals surface area contributed by atoms with E-state index in [-0.39, 0.29) is 0 Å². The largest absolute Gasteiger partial charge is 0.334 e. The average Bonchev–Trinajstić information content (AvgIpc) is 3.03. The number of imidazole rings is 1. The molecule has 19 heavy (non-hydrogen) atoms. The first-order chi connectivity index (χ1) is 9.27. The number of aromatic nitrogens is 2. The lowest BCUT2D eigenvalue weighted by atomic mass is 10.0. The molecule has 2 heterocycles. The summed E-state index contributed by atoms with van der Waals surface area (Å²) in [6.45, 7) is 8.06. The van der Waals surface area contributed by atoms with Crippen molar-refractivity contribution in [2.45, 2.75) is 64.8 Å². The van der Waals surface area contributed by atoms with E-state index in [1.807, 2.05) is 6.33 Å². The van der Waals surface area contributed by atoms with E-state index in [2.05, 4.69) is 34.9 Å². The Morgan fingerprint density at radius 2 is 2.16 bits per heavy atom. The summed E-state index contributed by atoms with van der Waals surface area (Å²) in [7, 11) is 0. The molecule has 1 atom stereocenters. The second kappa shape index (κ2) is 7.68. The van der Waals surface area contributed by atoms with Gasteiger partial charge in [-0.05, 0) is 25.3 Å². The maximum atomic E-state index is 4.34. The number of aryl methyl sites for hydroxylation is 1. The summed E-state index contributed by atoms with van der Waals surface area (Å²) in [4.78, 5) is 4.34. The Morgan fingerprint density at radius 1 is 1.32 bits per heavy atom. The summed E-state index contributed by atoms with van der Waals surface area (Å²) in [6, 6.07) is 0. The van der Waals surface area contributed by atoms with Crippen LogP contribution in [0.25, 0.3) is 0 Å². The van der Waals surface area contributed by atoms with Crippen LogP contribution < -0.4 is 5.32 Å². The molecule has 0 radical (unpaired) electrons. The molecule has 1 unspecified atom stereocenters. The van der Waals surface area contributed by atoms with E-state index in [1.165, 1.54) is 44.2 Å². The molecule has 1 aromatic rings. The van der Waals surface area contributed by atoms with Crippen LogP contribution in [0.4, 0.5) is 0 Å². The number of nitrogens with zero attached hydrogens (tertiary/aromatic N) is 2. The molecule has 0 saturated carbocycles. The molecular weight excluding hydrogens is 234 g/mol. The van der Waals surface area contributed by atoms with E-state index in [1.54, 1.807) is 0 Å². The summed E-state index contributed by atoms with van der Waals surface area (Å²) in [6.07, 6.45) is 12.1. The van der Waals surface area contributed by atoms with E-state index in [0.717, 1.165) is 25.6 Å². The second-order valence-corrected chi connectivity index (χ2v) is 6.30. The predicted molar refractivity (Wildman–Crippen MR) is 80.4 cm³/mol. The van der Waals surface area contributed by atoms with Gasteiger partial charge in [0.25, 0.3) is 0 Å². The van der Waals surface area contributed by atoms with Crippen LogP contribution in [0, 0.1) is 5.92 Å². The van der Waals surface area contributed by atoms with Crippen LogP contribution >= 0.6 is 0 Å². The van der Waals surface area contributed by atoms with Gasteiger partial charge in [-0.25, -0.2) is 4.98 Å². The molecule has 1 aliphatic heterocycles. The summed E-state index contributed by atoms with van der Waals surface area (Å²) in [5, 5.41) is 3.44. The van der Waals surface area contributed by atoms with Crippen molar-refractivity contribution in [3.8, 4) is 0 Å². The smallest absolute Gasteiger partial charge is 0.0948 e. The first kappa shape index (κ1) is 14.6. The fourth-order valence-electron chi connectivity index (χ4n) is 2.95. The molecular formula is C16H29N3. The summed E-state index contributed by atoms with van der Waals surface area (Å²) >= 11 is 0. The van der Waals surface area contributed by atoms with Gasteiger partial charge >= 0.3 is 0 Å². The molecule has 108 valence electrons. The van der Waals surface area contributed by atoms with E-state index < -0.39 is 0 Å². The number of hydrogen-bond donors (Lipinski definition) is 1. The van der Waals surface area contributed by atoms with Crippen LogP contribution in [0.15, 0.2) is 12.5 Å². The fourth-order valence-corrected chi connectivity index (χ4v) is 2.95. The van der Waals surface area contributed by atoms with Crippen LogP contribution in [-0.4, -0.2) is 22.6 Å². The van der Waals surface area contributed by atoms with E-state index >= 15 is 0 Å². The van der Waals surface area contributed by atoms with Crippen LogP contribution in [0.2, 0.25) is 0 Å². The number of hydrogen-bond acceptors (Lipinski definition) is 2. The van der Waals surface area contributed by atoms with Crippen molar-refractivity contribution in [3.63, 3.8) is 0 Å². The van der Waals surface area contributed by atoms with E-state index in [9.17, 15) is 0 Å². The van der Waals surface area contributed by atoms with Gasteiger partial charge in [-0.1, -0.05) is 39.5 Å². The third-order valence-corrected chi connectivity index (χ3v) is 4.15. The first-order valence-electron chi connectivity index (χ1n) is 7.98. The van der Waals surface area contributed by atoms with Gasteiger partial charge in [0, 0.05) is 30.9 Å². The molecule has 2 rings (SSSR count). The zero-order chi connectivity index (χ0) is 13.5. The Labute approximate surface area is 117 Å². The van der Waals surface area contributed by atoms with Crippen LogP contribution in [0.5, 0.6) is 0 Å². The van der Waals surface area contributed by atoms with Gasteiger partial charge in [0.15, 0.2) is 0 Å². The highest BCUT2D eigenvalue weighted by Crippen LogP contribution is 2.22. The molecule has 0 aliphatic carbocycles. The lowest BCUT2D eigenvalue weighted by Gasteiger charge is -2.12. The van der Waals surface area contributed by atoms with Crippen LogP contribution in [-0.2, 0) is 6.54 Å². The Balaban J connectivity index is 1.67. The summed E-state index contributed by atoms with van der Waals surface area (Å²) in [5.41, 5.74) is 1.44. The molecule has 0 spiro atoms. The Kier molecular flexibility index (Phi) is 5.90. The molecule has 0 aromatic carbocycles. The van der Waals surface area contributed by atoms with Crippen molar-refractivity contribution in [3.05, 3.63) is 18.2 Å². The average molecular weight is 263 g/mol. The normalized spacial score (nSPS) is 19.4. The Morgan fingerprint density at radius 3 is 2.89 bits per heavy atom. The predicted octanol–water partition coefficient (Wildman–Crippen LogP) is 3.57. The highest BCUT2D eigenvalue weighted by molar-refractivity contribution is 5.09. The topological polar surface area (TPSA) is 29.9 Å². The maximum Gasteiger partial charge on any atom is 0.0948 e. The first-order valence-corrected chi connectivity index (χ1v) is 7.98. The zero-order valence-corrected chi connectivity index (χ0v) is 12.6. The molecule has 0 bridgehead atoms. The standard InChI is InChI=1S/C16H29N3/c1-14(2)7-5-3-4-6-10-19-13-18-12-16(19)15-8-9-17-11-15/h12-15,17H,3-11H2,1-2H3. The highest BCUT2D eigenvalue weighted by atomic mass is 15.1. The Bertz CT molecular complexity index is 351. The SMILES string of the molecule is CC(C)CCCCCCn1cncc1C1CCNC1. The number of nitrogens with one attached hydrogen (secondary N) is 1.